The van der Waals surface area contributed by atoms with Crippen molar-refractivity contribution in [2.24, 2.45) is 0 Å². The third kappa shape index (κ3) is 3.52. The fourth-order valence-corrected chi connectivity index (χ4v) is 9.07. The van der Waals surface area contributed by atoms with Crippen LogP contribution in [0.2, 0.25) is 0 Å². The number of hydrogen-bond acceptors (Lipinski definition) is 3. The van der Waals surface area contributed by atoms with E-state index in [1.807, 2.05) is 11.3 Å². The first-order valence-electron chi connectivity index (χ1n) is 16.3. The SMILES string of the molecule is c1ccc2cc(-c3nc4ccc5ccccc5c4nc3-n3c4ccccc4c4c5ccccc5c5c6ccccc6sc5c43)ccc2c1. The van der Waals surface area contributed by atoms with E-state index >= 15 is 0 Å². The molecule has 222 valence electrons. The number of benzene rings is 8. The van der Waals surface area contributed by atoms with E-state index < -0.39 is 0 Å². The van der Waals surface area contributed by atoms with Gasteiger partial charge in [0.2, 0.25) is 0 Å². The summed E-state index contributed by atoms with van der Waals surface area (Å²) in [7, 11) is 0. The zero-order chi connectivity index (χ0) is 31.3. The summed E-state index contributed by atoms with van der Waals surface area (Å²) in [6.45, 7) is 0. The van der Waals surface area contributed by atoms with Crippen molar-refractivity contribution < 1.29 is 0 Å². The van der Waals surface area contributed by atoms with Crippen LogP contribution >= 0.6 is 11.3 Å². The molecule has 11 rings (SSSR count). The average Bonchev–Trinajstić information content (AvgIpc) is 3.71. The molecule has 11 aromatic rings. The van der Waals surface area contributed by atoms with E-state index in [2.05, 4.69) is 156 Å². The second-order valence-corrected chi connectivity index (χ2v) is 13.6. The lowest BCUT2D eigenvalue weighted by Gasteiger charge is -2.16. The van der Waals surface area contributed by atoms with Crippen molar-refractivity contribution >= 4 is 96.7 Å². The van der Waals surface area contributed by atoms with Crippen molar-refractivity contribution in [3.05, 3.63) is 152 Å². The van der Waals surface area contributed by atoms with Gasteiger partial charge in [-0.2, -0.15) is 0 Å². The number of nitrogens with zero attached hydrogens (tertiary/aromatic N) is 3. The molecule has 0 N–H and O–H groups in total. The monoisotopic (exact) mass is 627 g/mol. The summed E-state index contributed by atoms with van der Waals surface area (Å²) in [5, 5.41) is 12.2. The fraction of sp³-hybridized carbons (Fsp3) is 0. The third-order valence-electron chi connectivity index (χ3n) is 9.93. The van der Waals surface area contributed by atoms with Gasteiger partial charge in [0.05, 0.1) is 26.8 Å². The van der Waals surface area contributed by atoms with Crippen molar-refractivity contribution in [3.8, 4) is 17.1 Å². The van der Waals surface area contributed by atoms with E-state index in [1.54, 1.807) is 0 Å². The molecule has 0 bridgehead atoms. The van der Waals surface area contributed by atoms with E-state index in [-0.39, 0.29) is 0 Å². The quantitative estimate of drug-likeness (QED) is 0.179. The van der Waals surface area contributed by atoms with Gasteiger partial charge in [-0.15, -0.1) is 11.3 Å². The van der Waals surface area contributed by atoms with Gasteiger partial charge in [-0.1, -0.05) is 127 Å². The molecule has 0 radical (unpaired) electrons. The molecule has 0 amide bonds. The minimum Gasteiger partial charge on any atom is -0.290 e. The molecule has 0 unspecified atom stereocenters. The maximum absolute atomic E-state index is 5.65. The van der Waals surface area contributed by atoms with Crippen LogP contribution in [0.1, 0.15) is 0 Å². The maximum Gasteiger partial charge on any atom is 0.165 e. The van der Waals surface area contributed by atoms with Crippen LogP contribution in [0.4, 0.5) is 0 Å². The topological polar surface area (TPSA) is 30.7 Å². The summed E-state index contributed by atoms with van der Waals surface area (Å²) in [6.07, 6.45) is 0. The summed E-state index contributed by atoms with van der Waals surface area (Å²) in [6, 6.07) is 54.4. The normalized spacial score (nSPS) is 12.2. The first-order valence-corrected chi connectivity index (χ1v) is 17.1. The van der Waals surface area contributed by atoms with Crippen LogP contribution in [0.15, 0.2) is 152 Å². The lowest BCUT2D eigenvalue weighted by Crippen LogP contribution is -2.04. The molecular weight excluding hydrogens is 603 g/mol. The molecule has 0 aliphatic heterocycles. The highest BCUT2D eigenvalue weighted by Gasteiger charge is 2.25. The average molecular weight is 628 g/mol. The molecule has 48 heavy (non-hydrogen) atoms. The summed E-state index contributed by atoms with van der Waals surface area (Å²) in [4.78, 5) is 11.1. The molecule has 0 saturated carbocycles. The molecular formula is C44H25N3S. The molecule has 3 aromatic heterocycles. The largest absolute Gasteiger partial charge is 0.290 e. The molecule has 3 nitrogen and oxygen atoms in total. The Morgan fingerprint density at radius 1 is 0.479 bits per heavy atom. The Balaban J connectivity index is 1.39. The summed E-state index contributed by atoms with van der Waals surface area (Å²) in [5.74, 6) is 0.842. The van der Waals surface area contributed by atoms with E-state index in [0.29, 0.717) is 0 Å². The number of para-hydroxylation sites is 1. The minimum absolute atomic E-state index is 0.842. The lowest BCUT2D eigenvalue weighted by molar-refractivity contribution is 1.09. The van der Waals surface area contributed by atoms with Crippen LogP contribution in [0.5, 0.6) is 0 Å². The van der Waals surface area contributed by atoms with Crippen LogP contribution in [0.3, 0.4) is 0 Å². The van der Waals surface area contributed by atoms with Crippen molar-refractivity contribution in [2.45, 2.75) is 0 Å². The van der Waals surface area contributed by atoms with Crippen molar-refractivity contribution in [1.29, 1.82) is 0 Å². The Morgan fingerprint density at radius 2 is 1.12 bits per heavy atom. The standard InChI is InChI=1S/C44H25N3S/c1-2-13-28-25-29(22-21-26(28)11-1)40-44(46-41-30-14-4-3-12-27(30)23-24-35(41)45-40)47-36-19-9-7-17-33(36)38-31-15-5-6-16-32(31)39-34-18-8-10-20-37(34)48-43(39)42(38)47/h1-25H. The van der Waals surface area contributed by atoms with Gasteiger partial charge in [-0.25, -0.2) is 9.97 Å². The summed E-state index contributed by atoms with van der Waals surface area (Å²) in [5.41, 5.74) is 6.02. The van der Waals surface area contributed by atoms with E-state index in [0.717, 1.165) is 44.4 Å². The summed E-state index contributed by atoms with van der Waals surface area (Å²) < 4.78 is 4.96. The Bertz CT molecular complexity index is 3130. The molecule has 0 atom stereocenters. The maximum atomic E-state index is 5.65. The van der Waals surface area contributed by atoms with Gasteiger partial charge in [0.15, 0.2) is 5.82 Å². The molecule has 8 aromatic carbocycles. The highest BCUT2D eigenvalue weighted by atomic mass is 32.1. The molecule has 3 heterocycles. The fourth-order valence-electron chi connectivity index (χ4n) is 7.81. The summed E-state index contributed by atoms with van der Waals surface area (Å²) >= 11 is 1.87. The Hall–Kier alpha value is -6.10. The van der Waals surface area contributed by atoms with Crippen molar-refractivity contribution in [3.63, 3.8) is 0 Å². The number of rotatable bonds is 2. The first kappa shape index (κ1) is 26.0. The second-order valence-electron chi connectivity index (χ2n) is 12.5. The van der Waals surface area contributed by atoms with Crippen LogP contribution in [-0.2, 0) is 0 Å². The number of fused-ring (bicyclic) bond motifs is 14. The number of hydrogen-bond donors (Lipinski definition) is 0. The molecule has 4 heteroatoms. The molecule has 0 aliphatic carbocycles. The highest BCUT2D eigenvalue weighted by molar-refractivity contribution is 7.27. The third-order valence-corrected chi connectivity index (χ3v) is 11.1. The molecule has 0 saturated heterocycles. The van der Waals surface area contributed by atoms with Gasteiger partial charge in [-0.3, -0.25) is 4.57 Å². The van der Waals surface area contributed by atoms with Crippen LogP contribution in [0.25, 0.3) is 102 Å². The van der Waals surface area contributed by atoms with E-state index in [9.17, 15) is 0 Å². The zero-order valence-electron chi connectivity index (χ0n) is 25.7. The van der Waals surface area contributed by atoms with Gasteiger partial charge in [-0.05, 0) is 51.2 Å². The lowest BCUT2D eigenvalue weighted by atomic mass is 9.99. The Morgan fingerprint density at radius 3 is 1.98 bits per heavy atom. The smallest absolute Gasteiger partial charge is 0.165 e. The Kier molecular flexibility index (Phi) is 5.26. The van der Waals surface area contributed by atoms with Gasteiger partial charge in [0.25, 0.3) is 0 Å². The van der Waals surface area contributed by atoms with Gasteiger partial charge < -0.3 is 0 Å². The van der Waals surface area contributed by atoms with Crippen LogP contribution in [-0.4, -0.2) is 14.5 Å². The predicted octanol–water partition coefficient (Wildman–Crippen LogP) is 12.2. The highest BCUT2D eigenvalue weighted by Crippen LogP contribution is 2.48. The van der Waals surface area contributed by atoms with Gasteiger partial charge >= 0.3 is 0 Å². The molecule has 0 fully saturated rings. The first-order chi connectivity index (χ1) is 23.8. The van der Waals surface area contributed by atoms with E-state index in [4.69, 9.17) is 9.97 Å². The number of aromatic nitrogens is 3. The van der Waals surface area contributed by atoms with E-state index in [1.165, 1.54) is 58.0 Å². The van der Waals surface area contributed by atoms with Crippen LogP contribution < -0.4 is 0 Å². The van der Waals surface area contributed by atoms with Gasteiger partial charge in [0.1, 0.15) is 5.69 Å². The Labute approximate surface area is 278 Å². The van der Waals surface area contributed by atoms with Crippen LogP contribution in [0, 0.1) is 0 Å². The minimum atomic E-state index is 0.842. The number of thiophene rings is 1. The predicted molar refractivity (Wildman–Crippen MR) is 205 cm³/mol. The molecule has 0 aliphatic rings. The second kappa shape index (κ2) is 9.71. The molecule has 0 spiro atoms. The zero-order valence-corrected chi connectivity index (χ0v) is 26.5. The van der Waals surface area contributed by atoms with Crippen molar-refractivity contribution in [2.75, 3.05) is 0 Å². The van der Waals surface area contributed by atoms with Crippen molar-refractivity contribution in [1.82, 2.24) is 14.5 Å². The van der Waals surface area contributed by atoms with Gasteiger partial charge in [0, 0.05) is 37.2 Å².